The van der Waals surface area contributed by atoms with Crippen molar-refractivity contribution >= 4 is 5.91 Å². The Morgan fingerprint density at radius 2 is 2.18 bits per heavy atom. The first kappa shape index (κ1) is 17.0. The number of hydrogen-bond donors (Lipinski definition) is 1. The van der Waals surface area contributed by atoms with Crippen molar-refractivity contribution in [3.8, 4) is 0 Å². The molecule has 1 aromatic heterocycles. The van der Waals surface area contributed by atoms with E-state index in [4.69, 9.17) is 4.74 Å². The zero-order chi connectivity index (χ0) is 16.3. The number of nitrogens with zero attached hydrogens (tertiary/aromatic N) is 2. The largest absolute Gasteiger partial charge is 0.378 e. The van der Waals surface area contributed by atoms with Crippen molar-refractivity contribution in [3.05, 3.63) is 17.0 Å². The number of hydrogen-bond acceptors (Lipinski definition) is 3. The maximum absolute atomic E-state index is 12.1. The maximum atomic E-state index is 12.1. The van der Waals surface area contributed by atoms with Crippen LogP contribution in [0.15, 0.2) is 0 Å². The molecule has 1 amide bonds. The molecule has 2 atom stereocenters. The van der Waals surface area contributed by atoms with E-state index in [0.29, 0.717) is 18.3 Å². The van der Waals surface area contributed by atoms with Gasteiger partial charge in [0.2, 0.25) is 5.91 Å². The van der Waals surface area contributed by atoms with Crippen molar-refractivity contribution in [2.24, 2.45) is 18.9 Å². The van der Waals surface area contributed by atoms with E-state index >= 15 is 0 Å². The predicted molar refractivity (Wildman–Crippen MR) is 86.7 cm³/mol. The van der Waals surface area contributed by atoms with Gasteiger partial charge in [0.1, 0.15) is 0 Å². The van der Waals surface area contributed by atoms with Crippen LogP contribution in [0, 0.1) is 25.7 Å². The second-order valence-corrected chi connectivity index (χ2v) is 6.71. The van der Waals surface area contributed by atoms with Crippen LogP contribution in [-0.2, 0) is 23.0 Å². The van der Waals surface area contributed by atoms with Crippen molar-refractivity contribution in [3.63, 3.8) is 0 Å². The molecule has 124 valence electrons. The first-order valence-corrected chi connectivity index (χ1v) is 8.27. The van der Waals surface area contributed by atoms with Crippen molar-refractivity contribution in [1.29, 1.82) is 0 Å². The molecule has 1 N–H and O–H groups in total. The quantitative estimate of drug-likeness (QED) is 0.876. The highest BCUT2D eigenvalue weighted by Crippen LogP contribution is 2.26. The van der Waals surface area contributed by atoms with E-state index in [1.165, 1.54) is 5.56 Å². The molecular weight excluding hydrogens is 278 g/mol. The third kappa shape index (κ3) is 3.88. The zero-order valence-corrected chi connectivity index (χ0v) is 14.5. The van der Waals surface area contributed by atoms with Crippen molar-refractivity contribution in [2.75, 3.05) is 13.2 Å². The minimum absolute atomic E-state index is 0.122. The van der Waals surface area contributed by atoms with Gasteiger partial charge in [0.05, 0.1) is 11.8 Å². The lowest BCUT2D eigenvalue weighted by atomic mass is 9.93. The van der Waals surface area contributed by atoms with E-state index in [1.807, 2.05) is 18.7 Å². The molecule has 5 nitrogen and oxygen atoms in total. The molecule has 0 spiro atoms. The molecule has 0 bridgehead atoms. The summed E-state index contributed by atoms with van der Waals surface area (Å²) in [6, 6.07) is 0. The van der Waals surface area contributed by atoms with Crippen LogP contribution in [0.2, 0.25) is 0 Å². The second kappa shape index (κ2) is 7.27. The van der Waals surface area contributed by atoms with Gasteiger partial charge in [0.25, 0.3) is 0 Å². The highest BCUT2D eigenvalue weighted by molar-refractivity contribution is 5.76. The van der Waals surface area contributed by atoms with Gasteiger partial charge in [-0.15, -0.1) is 0 Å². The van der Waals surface area contributed by atoms with Crippen LogP contribution in [0.25, 0.3) is 0 Å². The van der Waals surface area contributed by atoms with E-state index in [1.54, 1.807) is 0 Å². The van der Waals surface area contributed by atoms with E-state index in [9.17, 15) is 4.79 Å². The molecule has 0 unspecified atom stereocenters. The van der Waals surface area contributed by atoms with Crippen molar-refractivity contribution < 1.29 is 9.53 Å². The molecule has 0 radical (unpaired) electrons. The first-order valence-electron chi connectivity index (χ1n) is 8.27. The molecule has 2 rings (SSSR count). The minimum Gasteiger partial charge on any atom is -0.378 e. The summed E-state index contributed by atoms with van der Waals surface area (Å²) in [4.78, 5) is 12.1. The molecular formula is C17H29N3O2. The monoisotopic (exact) mass is 307 g/mol. The smallest absolute Gasteiger partial charge is 0.220 e. The Balaban J connectivity index is 1.79. The number of carbonyl (C=O) groups is 1. The molecule has 1 aliphatic heterocycles. The first-order chi connectivity index (χ1) is 10.4. The third-order valence-corrected chi connectivity index (χ3v) is 4.74. The second-order valence-electron chi connectivity index (χ2n) is 6.71. The number of aromatic nitrogens is 2. The van der Waals surface area contributed by atoms with Crippen LogP contribution in [0.4, 0.5) is 0 Å². The fraction of sp³-hybridized carbons (Fsp3) is 0.765. The van der Waals surface area contributed by atoms with Gasteiger partial charge in [0, 0.05) is 38.2 Å². The Morgan fingerprint density at radius 1 is 1.45 bits per heavy atom. The van der Waals surface area contributed by atoms with Crippen molar-refractivity contribution in [2.45, 2.75) is 53.1 Å². The number of ether oxygens (including phenoxy) is 1. The summed E-state index contributed by atoms with van der Waals surface area (Å²) >= 11 is 0. The standard InChI is InChI=1S/C17H29N3O2/c1-11(2)17-14(8-9-22-17)10-18-16(21)7-6-15-12(3)19-20(5)13(15)4/h11,14,17H,6-10H2,1-5H3,(H,18,21)/t14-,17-/m0/s1. The highest BCUT2D eigenvalue weighted by atomic mass is 16.5. The fourth-order valence-electron chi connectivity index (χ4n) is 3.36. The SMILES string of the molecule is Cc1nn(C)c(C)c1CCC(=O)NC[C@@H]1CCO[C@H]1C(C)C. The van der Waals surface area contributed by atoms with Crippen LogP contribution >= 0.6 is 0 Å². The van der Waals surface area contributed by atoms with Gasteiger partial charge in [0.15, 0.2) is 0 Å². The number of rotatable bonds is 6. The molecule has 1 fully saturated rings. The Labute approximate surface area is 133 Å². The average Bonchev–Trinajstić information content (AvgIpc) is 3.01. The van der Waals surface area contributed by atoms with Crippen molar-refractivity contribution in [1.82, 2.24) is 15.1 Å². The van der Waals surface area contributed by atoms with Gasteiger partial charge in [-0.3, -0.25) is 9.48 Å². The molecule has 0 saturated carbocycles. The predicted octanol–water partition coefficient (Wildman–Crippen LogP) is 2.15. The van der Waals surface area contributed by atoms with E-state index < -0.39 is 0 Å². The number of amides is 1. The van der Waals surface area contributed by atoms with Crippen LogP contribution in [0.5, 0.6) is 0 Å². The van der Waals surface area contributed by atoms with Gasteiger partial charge in [-0.2, -0.15) is 5.10 Å². The molecule has 1 aliphatic rings. The molecule has 5 heteroatoms. The van der Waals surface area contributed by atoms with Gasteiger partial charge in [-0.05, 0) is 38.2 Å². The normalized spacial score (nSPS) is 21.5. The summed E-state index contributed by atoms with van der Waals surface area (Å²) in [5, 5.41) is 7.47. The fourth-order valence-corrected chi connectivity index (χ4v) is 3.36. The van der Waals surface area contributed by atoms with Crippen LogP contribution in [0.1, 0.15) is 43.6 Å². The molecule has 22 heavy (non-hydrogen) atoms. The Kier molecular flexibility index (Phi) is 5.62. The number of aryl methyl sites for hydroxylation is 2. The zero-order valence-electron chi connectivity index (χ0n) is 14.5. The Hall–Kier alpha value is -1.36. The molecule has 0 aliphatic carbocycles. The summed E-state index contributed by atoms with van der Waals surface area (Å²) < 4.78 is 7.64. The maximum Gasteiger partial charge on any atom is 0.220 e. The Morgan fingerprint density at radius 3 is 2.77 bits per heavy atom. The van der Waals surface area contributed by atoms with Crippen LogP contribution in [-0.4, -0.2) is 34.9 Å². The van der Waals surface area contributed by atoms with Crippen LogP contribution < -0.4 is 5.32 Å². The lowest BCUT2D eigenvalue weighted by Gasteiger charge is -2.22. The molecule has 1 aromatic rings. The van der Waals surface area contributed by atoms with E-state index in [-0.39, 0.29) is 12.0 Å². The third-order valence-electron chi connectivity index (χ3n) is 4.74. The summed E-state index contributed by atoms with van der Waals surface area (Å²) in [6.07, 6.45) is 2.60. The van der Waals surface area contributed by atoms with E-state index in [0.717, 1.165) is 37.4 Å². The lowest BCUT2D eigenvalue weighted by molar-refractivity contribution is -0.121. The molecule has 0 aromatic carbocycles. The Bertz CT molecular complexity index is 522. The average molecular weight is 307 g/mol. The summed E-state index contributed by atoms with van der Waals surface area (Å²) in [5.74, 6) is 1.08. The number of carbonyl (C=O) groups excluding carboxylic acids is 1. The topological polar surface area (TPSA) is 56.2 Å². The number of nitrogens with one attached hydrogen (secondary N) is 1. The summed E-state index contributed by atoms with van der Waals surface area (Å²) in [5.41, 5.74) is 3.37. The molecule has 1 saturated heterocycles. The molecule has 2 heterocycles. The van der Waals surface area contributed by atoms with Crippen LogP contribution in [0.3, 0.4) is 0 Å². The summed E-state index contributed by atoms with van der Waals surface area (Å²) in [7, 11) is 1.94. The minimum atomic E-state index is 0.122. The lowest BCUT2D eigenvalue weighted by Crippen LogP contribution is -2.35. The van der Waals surface area contributed by atoms with Gasteiger partial charge < -0.3 is 10.1 Å². The van der Waals surface area contributed by atoms with E-state index in [2.05, 4.69) is 31.2 Å². The summed E-state index contributed by atoms with van der Waals surface area (Å²) in [6.45, 7) is 9.96. The highest BCUT2D eigenvalue weighted by Gasteiger charge is 2.30. The van der Waals surface area contributed by atoms with Gasteiger partial charge in [-0.25, -0.2) is 0 Å². The van der Waals surface area contributed by atoms with Gasteiger partial charge >= 0.3 is 0 Å². The van der Waals surface area contributed by atoms with Gasteiger partial charge in [-0.1, -0.05) is 13.8 Å².